The second kappa shape index (κ2) is 8.85. The van der Waals surface area contributed by atoms with Crippen molar-refractivity contribution in [3.05, 3.63) is 17.3 Å². The van der Waals surface area contributed by atoms with Crippen molar-refractivity contribution < 1.29 is 9.15 Å². The molecule has 20 heavy (non-hydrogen) atoms. The van der Waals surface area contributed by atoms with Crippen LogP contribution in [0.4, 0.5) is 0 Å². The number of methoxy groups -OCH3 is 1. The molecule has 0 amide bonds. The van der Waals surface area contributed by atoms with E-state index in [-0.39, 0.29) is 24.8 Å². The second-order valence-electron chi connectivity index (χ2n) is 4.99. The first-order chi connectivity index (χ1) is 8.63. The molecule has 1 aromatic heterocycles. The fourth-order valence-corrected chi connectivity index (χ4v) is 2.51. The Hall–Kier alpha value is -0.330. The summed E-state index contributed by atoms with van der Waals surface area (Å²) in [5, 5.41) is 0. The molecule has 2 rings (SSSR count). The Bertz CT molecular complexity index is 381. The first kappa shape index (κ1) is 19.7. The predicted octanol–water partition coefficient (Wildman–Crippen LogP) is 2.07. The van der Waals surface area contributed by atoms with Crippen LogP contribution in [0.3, 0.4) is 0 Å². The molecule has 7 heteroatoms. The second-order valence-corrected chi connectivity index (χ2v) is 4.99. The van der Waals surface area contributed by atoms with E-state index in [1.165, 1.54) is 0 Å². The molecule has 1 saturated heterocycles. The lowest BCUT2D eigenvalue weighted by Gasteiger charge is -2.37. The molecule has 0 bridgehead atoms. The average Bonchev–Trinajstić information content (AvgIpc) is 2.69. The smallest absolute Gasteiger partial charge is 0.208 e. The Balaban J connectivity index is 0.00000180. The molecule has 1 aromatic rings. The summed E-state index contributed by atoms with van der Waals surface area (Å²) in [7, 11) is 1.77. The minimum atomic E-state index is 0. The van der Waals surface area contributed by atoms with Gasteiger partial charge in [-0.1, -0.05) is 0 Å². The molecule has 118 valence electrons. The summed E-state index contributed by atoms with van der Waals surface area (Å²) < 4.78 is 11.1. The van der Waals surface area contributed by atoms with Gasteiger partial charge in [-0.3, -0.25) is 4.90 Å². The van der Waals surface area contributed by atoms with Crippen molar-refractivity contribution in [1.29, 1.82) is 0 Å². The highest BCUT2D eigenvalue weighted by Crippen LogP contribution is 2.21. The number of nitrogens with two attached hydrogens (primary N) is 1. The van der Waals surface area contributed by atoms with E-state index in [2.05, 4.69) is 9.88 Å². The van der Waals surface area contributed by atoms with Gasteiger partial charge in [-0.15, -0.1) is 24.8 Å². The fourth-order valence-electron chi connectivity index (χ4n) is 2.51. The Morgan fingerprint density at radius 1 is 1.40 bits per heavy atom. The molecule has 0 saturated carbocycles. The molecule has 1 aliphatic heterocycles. The normalized spacial score (nSPS) is 23.0. The van der Waals surface area contributed by atoms with E-state index in [1.54, 1.807) is 7.11 Å². The number of aryl methyl sites for hydroxylation is 2. The zero-order chi connectivity index (χ0) is 13.1. The van der Waals surface area contributed by atoms with Crippen molar-refractivity contribution in [3.8, 4) is 0 Å². The van der Waals surface area contributed by atoms with Crippen LogP contribution in [0, 0.1) is 13.8 Å². The number of aromatic nitrogens is 1. The molecular weight excluding hydrogens is 301 g/mol. The van der Waals surface area contributed by atoms with Crippen molar-refractivity contribution in [3.63, 3.8) is 0 Å². The first-order valence-electron chi connectivity index (χ1n) is 6.53. The molecule has 2 heterocycles. The van der Waals surface area contributed by atoms with Crippen LogP contribution in [0.1, 0.15) is 30.2 Å². The van der Waals surface area contributed by atoms with Crippen molar-refractivity contribution in [2.24, 2.45) is 5.73 Å². The number of halogens is 2. The van der Waals surface area contributed by atoms with E-state index >= 15 is 0 Å². The fraction of sp³-hybridized carbons (Fsp3) is 0.769. The molecule has 2 N–H and O–H groups in total. The maximum atomic E-state index is 5.85. The molecular formula is C13H25Cl2N3O2. The van der Waals surface area contributed by atoms with Crippen LogP contribution < -0.4 is 5.73 Å². The Morgan fingerprint density at radius 2 is 2.10 bits per heavy atom. The SMILES string of the molecule is COC1CCN(Cc2nc(C)c(C)o2)C(CN)C1.Cl.Cl. The monoisotopic (exact) mass is 325 g/mol. The van der Waals surface area contributed by atoms with Crippen LogP contribution >= 0.6 is 24.8 Å². The van der Waals surface area contributed by atoms with Gasteiger partial charge in [0.2, 0.25) is 5.89 Å². The summed E-state index contributed by atoms with van der Waals surface area (Å²) in [5.74, 6) is 1.69. The molecule has 0 aliphatic carbocycles. The average molecular weight is 326 g/mol. The van der Waals surface area contributed by atoms with Crippen molar-refractivity contribution in [2.75, 3.05) is 20.2 Å². The summed E-state index contributed by atoms with van der Waals surface area (Å²) >= 11 is 0. The lowest BCUT2D eigenvalue weighted by molar-refractivity contribution is 0.00729. The molecule has 2 atom stereocenters. The highest BCUT2D eigenvalue weighted by atomic mass is 35.5. The zero-order valence-electron chi connectivity index (χ0n) is 12.3. The molecule has 1 fully saturated rings. The highest BCUT2D eigenvalue weighted by Gasteiger charge is 2.28. The maximum absolute atomic E-state index is 5.85. The van der Waals surface area contributed by atoms with Gasteiger partial charge in [0.15, 0.2) is 0 Å². The number of rotatable bonds is 4. The maximum Gasteiger partial charge on any atom is 0.208 e. The van der Waals surface area contributed by atoms with Gasteiger partial charge >= 0.3 is 0 Å². The first-order valence-corrected chi connectivity index (χ1v) is 6.53. The summed E-state index contributed by atoms with van der Waals surface area (Å²) in [5.41, 5.74) is 6.82. The summed E-state index contributed by atoms with van der Waals surface area (Å²) in [4.78, 5) is 6.78. The van der Waals surface area contributed by atoms with Crippen LogP contribution in [-0.4, -0.2) is 42.2 Å². The van der Waals surface area contributed by atoms with Gasteiger partial charge < -0.3 is 14.9 Å². The summed E-state index contributed by atoms with van der Waals surface area (Å²) in [6.07, 6.45) is 2.37. The largest absolute Gasteiger partial charge is 0.444 e. The van der Waals surface area contributed by atoms with E-state index in [0.717, 1.165) is 43.3 Å². The quantitative estimate of drug-likeness (QED) is 0.918. The molecule has 1 aliphatic rings. The molecule has 2 unspecified atom stereocenters. The number of hydrogen-bond donors (Lipinski definition) is 1. The highest BCUT2D eigenvalue weighted by molar-refractivity contribution is 5.85. The van der Waals surface area contributed by atoms with E-state index in [9.17, 15) is 0 Å². The third kappa shape index (κ3) is 4.60. The third-order valence-electron chi connectivity index (χ3n) is 3.81. The molecule has 5 nitrogen and oxygen atoms in total. The van der Waals surface area contributed by atoms with Gasteiger partial charge in [-0.2, -0.15) is 0 Å². The standard InChI is InChI=1S/C13H23N3O2.2ClH/c1-9-10(2)18-13(15-9)8-16-5-4-12(17-3)6-11(16)7-14;;/h11-12H,4-8,14H2,1-3H3;2*1H. The zero-order valence-corrected chi connectivity index (χ0v) is 13.9. The minimum Gasteiger partial charge on any atom is -0.444 e. The number of nitrogens with zero attached hydrogens (tertiary/aromatic N) is 2. The van der Waals surface area contributed by atoms with Gasteiger partial charge in [0.1, 0.15) is 5.76 Å². The van der Waals surface area contributed by atoms with Gasteiger partial charge in [0, 0.05) is 26.2 Å². The summed E-state index contributed by atoms with van der Waals surface area (Å²) in [6, 6.07) is 0.358. The van der Waals surface area contributed by atoms with Crippen LogP contribution in [0.15, 0.2) is 4.42 Å². The Morgan fingerprint density at radius 3 is 2.60 bits per heavy atom. The Kier molecular flexibility index (Phi) is 8.70. The van der Waals surface area contributed by atoms with Crippen molar-refractivity contribution >= 4 is 24.8 Å². The predicted molar refractivity (Wildman–Crippen MR) is 83.8 cm³/mol. The number of piperidine rings is 1. The van der Waals surface area contributed by atoms with Gasteiger partial charge in [-0.05, 0) is 26.7 Å². The number of ether oxygens (including phenoxy) is 1. The molecule has 0 spiro atoms. The van der Waals surface area contributed by atoms with Crippen LogP contribution in [0.2, 0.25) is 0 Å². The van der Waals surface area contributed by atoms with Gasteiger partial charge in [-0.25, -0.2) is 4.98 Å². The topological polar surface area (TPSA) is 64.5 Å². The van der Waals surface area contributed by atoms with Crippen LogP contribution in [0.25, 0.3) is 0 Å². The molecule has 0 aromatic carbocycles. The summed E-state index contributed by atoms with van der Waals surface area (Å²) in [6.45, 7) is 6.30. The van der Waals surface area contributed by atoms with E-state index in [1.807, 2.05) is 13.8 Å². The van der Waals surface area contributed by atoms with E-state index in [0.29, 0.717) is 18.7 Å². The van der Waals surface area contributed by atoms with Crippen molar-refractivity contribution in [1.82, 2.24) is 9.88 Å². The van der Waals surface area contributed by atoms with E-state index in [4.69, 9.17) is 14.9 Å². The molecule has 0 radical (unpaired) electrons. The van der Waals surface area contributed by atoms with Gasteiger partial charge in [0.25, 0.3) is 0 Å². The van der Waals surface area contributed by atoms with Crippen molar-refractivity contribution in [2.45, 2.75) is 45.4 Å². The number of likely N-dealkylation sites (tertiary alicyclic amines) is 1. The Labute approximate surface area is 133 Å². The van der Waals surface area contributed by atoms with Crippen LogP contribution in [-0.2, 0) is 11.3 Å². The number of hydrogen-bond acceptors (Lipinski definition) is 5. The van der Waals surface area contributed by atoms with Gasteiger partial charge in [0.05, 0.1) is 18.3 Å². The number of oxazole rings is 1. The van der Waals surface area contributed by atoms with E-state index < -0.39 is 0 Å². The lowest BCUT2D eigenvalue weighted by atomic mass is 9.99. The third-order valence-corrected chi connectivity index (χ3v) is 3.81. The minimum absolute atomic E-state index is 0. The van der Waals surface area contributed by atoms with Crippen LogP contribution in [0.5, 0.6) is 0 Å². The lowest BCUT2D eigenvalue weighted by Crippen LogP contribution is -2.48.